The van der Waals surface area contributed by atoms with E-state index in [0.29, 0.717) is 11.6 Å². The second-order valence-electron chi connectivity index (χ2n) is 7.19. The molecule has 2 aromatic rings. The normalized spacial score (nSPS) is 14.8. The van der Waals surface area contributed by atoms with Gasteiger partial charge in [-0.05, 0) is 31.4 Å². The zero-order valence-electron chi connectivity index (χ0n) is 15.9. The Hall–Kier alpha value is -2.37. The molecule has 5 nitrogen and oxygen atoms in total. The number of hydrogen-bond donors (Lipinski definition) is 1. The van der Waals surface area contributed by atoms with Crippen molar-refractivity contribution in [1.29, 1.82) is 0 Å². The van der Waals surface area contributed by atoms with E-state index in [1.54, 1.807) is 6.07 Å². The van der Waals surface area contributed by atoms with Gasteiger partial charge in [-0.2, -0.15) is 0 Å². The molecule has 0 spiro atoms. The van der Waals surface area contributed by atoms with Crippen molar-refractivity contribution in [3.63, 3.8) is 0 Å². The summed E-state index contributed by atoms with van der Waals surface area (Å²) in [5, 5.41) is 3.40. The highest BCUT2D eigenvalue weighted by molar-refractivity contribution is 5.53. The molecule has 1 aliphatic heterocycles. The first-order valence-electron chi connectivity index (χ1n) is 9.37. The number of aryl methyl sites for hydroxylation is 1. The molecule has 1 N–H and O–H groups in total. The fourth-order valence-electron chi connectivity index (χ4n) is 3.18. The third-order valence-electron chi connectivity index (χ3n) is 4.65. The van der Waals surface area contributed by atoms with Crippen LogP contribution < -0.4 is 15.1 Å². The molecule has 1 saturated heterocycles. The Morgan fingerprint density at radius 3 is 2.46 bits per heavy atom. The van der Waals surface area contributed by atoms with Crippen LogP contribution in [0.1, 0.15) is 26.1 Å². The second kappa shape index (κ2) is 8.34. The number of nitrogens with one attached hydrogen (secondary N) is 1. The van der Waals surface area contributed by atoms with E-state index in [1.807, 2.05) is 25.1 Å². The van der Waals surface area contributed by atoms with Gasteiger partial charge >= 0.3 is 0 Å². The van der Waals surface area contributed by atoms with Gasteiger partial charge in [-0.1, -0.05) is 26.0 Å². The number of benzene rings is 1. The van der Waals surface area contributed by atoms with Crippen LogP contribution in [0.5, 0.6) is 0 Å². The molecule has 26 heavy (non-hydrogen) atoms. The summed E-state index contributed by atoms with van der Waals surface area (Å²) >= 11 is 0. The number of para-hydroxylation sites is 1. The van der Waals surface area contributed by atoms with Crippen molar-refractivity contribution in [3.05, 3.63) is 42.0 Å². The SMILES string of the molecule is Cc1nc(NCCC(C)C)cc(N2CCN(c3ccccc3F)CC2)n1. The van der Waals surface area contributed by atoms with Crippen LogP contribution in [-0.4, -0.2) is 42.7 Å². The van der Waals surface area contributed by atoms with Gasteiger partial charge in [-0.15, -0.1) is 0 Å². The summed E-state index contributed by atoms with van der Waals surface area (Å²) in [7, 11) is 0. The Morgan fingerprint density at radius 2 is 1.77 bits per heavy atom. The van der Waals surface area contributed by atoms with Gasteiger partial charge in [0.15, 0.2) is 0 Å². The van der Waals surface area contributed by atoms with Crippen LogP contribution in [-0.2, 0) is 0 Å². The van der Waals surface area contributed by atoms with Gasteiger partial charge in [-0.25, -0.2) is 14.4 Å². The third-order valence-corrected chi connectivity index (χ3v) is 4.65. The fraction of sp³-hybridized carbons (Fsp3) is 0.500. The quantitative estimate of drug-likeness (QED) is 0.854. The maximum absolute atomic E-state index is 14.0. The first-order valence-corrected chi connectivity index (χ1v) is 9.37. The predicted molar refractivity (Wildman–Crippen MR) is 106 cm³/mol. The number of nitrogens with zero attached hydrogens (tertiary/aromatic N) is 4. The van der Waals surface area contributed by atoms with Gasteiger partial charge in [0, 0.05) is 38.8 Å². The Labute approximate surface area is 155 Å². The summed E-state index contributed by atoms with van der Waals surface area (Å²) in [6.45, 7) is 10.5. The predicted octanol–water partition coefficient (Wildman–Crippen LogP) is 3.71. The first-order chi connectivity index (χ1) is 12.5. The number of halogens is 1. The lowest BCUT2D eigenvalue weighted by atomic mass is 10.1. The van der Waals surface area contributed by atoms with Crippen molar-refractivity contribution in [2.45, 2.75) is 27.2 Å². The van der Waals surface area contributed by atoms with Gasteiger partial charge in [0.1, 0.15) is 23.3 Å². The molecule has 1 aromatic carbocycles. The van der Waals surface area contributed by atoms with Crippen LogP contribution in [0, 0.1) is 18.7 Å². The maximum atomic E-state index is 14.0. The average Bonchev–Trinajstić information content (AvgIpc) is 2.61. The Balaban J connectivity index is 1.63. The van der Waals surface area contributed by atoms with Crippen molar-refractivity contribution >= 4 is 17.3 Å². The lowest BCUT2D eigenvalue weighted by Gasteiger charge is -2.37. The average molecular weight is 357 g/mol. The van der Waals surface area contributed by atoms with E-state index in [0.717, 1.165) is 56.6 Å². The van der Waals surface area contributed by atoms with E-state index in [9.17, 15) is 4.39 Å². The largest absolute Gasteiger partial charge is 0.370 e. The topological polar surface area (TPSA) is 44.3 Å². The van der Waals surface area contributed by atoms with E-state index in [-0.39, 0.29) is 5.82 Å². The van der Waals surface area contributed by atoms with Gasteiger partial charge in [-0.3, -0.25) is 0 Å². The molecule has 0 aliphatic carbocycles. The monoisotopic (exact) mass is 357 g/mol. The number of anilines is 3. The molecule has 0 bridgehead atoms. The molecule has 0 radical (unpaired) electrons. The van der Waals surface area contributed by atoms with Crippen LogP contribution in [0.2, 0.25) is 0 Å². The molecular formula is C20H28FN5. The molecule has 2 heterocycles. The Kier molecular flexibility index (Phi) is 5.91. The summed E-state index contributed by atoms with van der Waals surface area (Å²) in [5.41, 5.74) is 0.682. The fourth-order valence-corrected chi connectivity index (χ4v) is 3.18. The number of rotatable bonds is 6. The zero-order chi connectivity index (χ0) is 18.5. The molecule has 0 unspecified atom stereocenters. The molecule has 0 saturated carbocycles. The second-order valence-corrected chi connectivity index (χ2v) is 7.19. The molecular weight excluding hydrogens is 329 g/mol. The van der Waals surface area contributed by atoms with E-state index >= 15 is 0 Å². The van der Waals surface area contributed by atoms with Gasteiger partial charge in [0.05, 0.1) is 5.69 Å². The Morgan fingerprint density at radius 1 is 1.08 bits per heavy atom. The van der Waals surface area contributed by atoms with Crippen molar-refractivity contribution in [2.24, 2.45) is 5.92 Å². The Bertz CT molecular complexity index is 726. The van der Waals surface area contributed by atoms with Crippen LogP contribution in [0.25, 0.3) is 0 Å². The highest BCUT2D eigenvalue weighted by Crippen LogP contribution is 2.23. The molecule has 6 heteroatoms. The van der Waals surface area contributed by atoms with E-state index < -0.39 is 0 Å². The highest BCUT2D eigenvalue weighted by Gasteiger charge is 2.20. The molecule has 1 fully saturated rings. The van der Waals surface area contributed by atoms with E-state index in [2.05, 4.69) is 38.9 Å². The lowest BCUT2D eigenvalue weighted by molar-refractivity contribution is 0.595. The minimum absolute atomic E-state index is 0.157. The number of aromatic nitrogens is 2. The zero-order valence-corrected chi connectivity index (χ0v) is 15.9. The standard InChI is InChI=1S/C20H28FN5/c1-15(2)8-9-22-19-14-20(24-16(3)23-19)26-12-10-25(11-13-26)18-7-5-4-6-17(18)21/h4-7,14-15H,8-13H2,1-3H3,(H,22,23,24). The first kappa shape index (κ1) is 18.4. The molecule has 1 aliphatic rings. The van der Waals surface area contributed by atoms with Gasteiger partial charge in [0.25, 0.3) is 0 Å². The minimum atomic E-state index is -0.157. The molecule has 1 aromatic heterocycles. The van der Waals surface area contributed by atoms with E-state index in [4.69, 9.17) is 0 Å². The molecule has 3 rings (SSSR count). The van der Waals surface area contributed by atoms with Crippen molar-refractivity contribution in [3.8, 4) is 0 Å². The van der Waals surface area contributed by atoms with Crippen molar-refractivity contribution < 1.29 is 4.39 Å². The summed E-state index contributed by atoms with van der Waals surface area (Å²) < 4.78 is 14.0. The van der Waals surface area contributed by atoms with Gasteiger partial charge < -0.3 is 15.1 Å². The molecule has 0 atom stereocenters. The van der Waals surface area contributed by atoms with Crippen molar-refractivity contribution in [1.82, 2.24) is 9.97 Å². The van der Waals surface area contributed by atoms with Crippen LogP contribution in [0.3, 0.4) is 0 Å². The molecule has 0 amide bonds. The summed E-state index contributed by atoms with van der Waals surface area (Å²) in [5.74, 6) is 3.10. The summed E-state index contributed by atoms with van der Waals surface area (Å²) in [6.07, 6.45) is 1.11. The lowest BCUT2D eigenvalue weighted by Crippen LogP contribution is -2.47. The summed E-state index contributed by atoms with van der Waals surface area (Å²) in [6, 6.07) is 8.99. The maximum Gasteiger partial charge on any atom is 0.146 e. The van der Waals surface area contributed by atoms with E-state index in [1.165, 1.54) is 6.07 Å². The highest BCUT2D eigenvalue weighted by atomic mass is 19.1. The van der Waals surface area contributed by atoms with Crippen LogP contribution in [0.4, 0.5) is 21.7 Å². The van der Waals surface area contributed by atoms with Crippen LogP contribution in [0.15, 0.2) is 30.3 Å². The molecule has 140 valence electrons. The summed E-state index contributed by atoms with van der Waals surface area (Å²) in [4.78, 5) is 13.4. The third kappa shape index (κ3) is 4.62. The van der Waals surface area contributed by atoms with Crippen molar-refractivity contribution in [2.75, 3.05) is 47.8 Å². The minimum Gasteiger partial charge on any atom is -0.370 e. The number of hydrogen-bond acceptors (Lipinski definition) is 5. The van der Waals surface area contributed by atoms with Crippen LogP contribution >= 0.6 is 0 Å². The smallest absolute Gasteiger partial charge is 0.146 e. The van der Waals surface area contributed by atoms with Gasteiger partial charge in [0.2, 0.25) is 0 Å². The number of piperazine rings is 1.